The number of rotatable bonds is 5. The summed E-state index contributed by atoms with van der Waals surface area (Å²) in [5.74, 6) is 0. The summed E-state index contributed by atoms with van der Waals surface area (Å²) in [5, 5.41) is 7.56. The summed E-state index contributed by atoms with van der Waals surface area (Å²) in [5.41, 5.74) is 2.21. The number of aryl methyl sites for hydroxylation is 1. The highest BCUT2D eigenvalue weighted by molar-refractivity contribution is 9.10. The Labute approximate surface area is 119 Å². The molecule has 0 bridgehead atoms. The third kappa shape index (κ3) is 3.34. The summed E-state index contributed by atoms with van der Waals surface area (Å²) < 4.78 is 5.02. The van der Waals surface area contributed by atoms with Gasteiger partial charge in [-0.25, -0.2) is 0 Å². The number of likely N-dealkylation sites (N-methyl/N-ethyl adjacent to an activating group) is 1. The van der Waals surface area contributed by atoms with E-state index in [0.717, 1.165) is 23.1 Å². The maximum atomic E-state index is 4.20. The molecule has 2 aromatic heterocycles. The molecule has 18 heavy (non-hydrogen) atoms. The second kappa shape index (κ2) is 6.36. The van der Waals surface area contributed by atoms with Gasteiger partial charge in [0.1, 0.15) is 0 Å². The van der Waals surface area contributed by atoms with E-state index in [4.69, 9.17) is 0 Å². The Bertz CT molecular complexity index is 514. The van der Waals surface area contributed by atoms with Gasteiger partial charge in [-0.15, -0.1) is 5.10 Å². The van der Waals surface area contributed by atoms with Gasteiger partial charge < -0.3 is 5.32 Å². The molecular weight excluding hydrogens is 312 g/mol. The number of nitrogens with one attached hydrogen (secondary N) is 1. The van der Waals surface area contributed by atoms with Crippen LogP contribution in [0.3, 0.4) is 0 Å². The fourth-order valence-corrected chi connectivity index (χ4v) is 2.99. The molecule has 0 spiro atoms. The van der Waals surface area contributed by atoms with Gasteiger partial charge in [0.2, 0.25) is 0 Å². The first-order chi connectivity index (χ1) is 8.70. The lowest BCUT2D eigenvalue weighted by Crippen LogP contribution is -2.22. The van der Waals surface area contributed by atoms with E-state index in [1.54, 1.807) is 6.20 Å². The van der Waals surface area contributed by atoms with E-state index in [-0.39, 0.29) is 6.04 Å². The van der Waals surface area contributed by atoms with Gasteiger partial charge in [-0.05, 0) is 59.0 Å². The van der Waals surface area contributed by atoms with E-state index in [1.807, 2.05) is 13.1 Å². The number of pyridine rings is 1. The average Bonchev–Trinajstić information content (AvgIpc) is 2.75. The third-order valence-electron chi connectivity index (χ3n) is 2.65. The topological polar surface area (TPSA) is 50.7 Å². The summed E-state index contributed by atoms with van der Waals surface area (Å²) >= 11 is 4.91. The van der Waals surface area contributed by atoms with E-state index in [0.29, 0.717) is 0 Å². The molecule has 0 amide bonds. The molecule has 2 heterocycles. The van der Waals surface area contributed by atoms with E-state index in [1.165, 1.54) is 22.0 Å². The molecule has 96 valence electrons. The standard InChI is InChI=1S/C12H15BrN4S/c1-3-15-11(12-8(2)16-17-18-12)5-9-4-10(13)7-14-6-9/h4,6-7,11,15H,3,5H2,1-2H3. The number of halogens is 1. The van der Waals surface area contributed by atoms with Crippen LogP contribution in [-0.2, 0) is 6.42 Å². The molecule has 0 aliphatic carbocycles. The van der Waals surface area contributed by atoms with E-state index >= 15 is 0 Å². The van der Waals surface area contributed by atoms with Crippen LogP contribution in [0.25, 0.3) is 0 Å². The minimum atomic E-state index is 0.256. The van der Waals surface area contributed by atoms with E-state index in [2.05, 4.69) is 48.8 Å². The van der Waals surface area contributed by atoms with Gasteiger partial charge in [-0.1, -0.05) is 11.4 Å². The molecule has 0 aliphatic rings. The number of aromatic nitrogens is 3. The van der Waals surface area contributed by atoms with Crippen molar-refractivity contribution >= 4 is 27.5 Å². The van der Waals surface area contributed by atoms with Crippen molar-refractivity contribution in [2.75, 3.05) is 6.54 Å². The van der Waals surface area contributed by atoms with Crippen LogP contribution in [0.5, 0.6) is 0 Å². The molecule has 2 aromatic rings. The third-order valence-corrected chi connectivity index (χ3v) is 4.03. The van der Waals surface area contributed by atoms with E-state index in [9.17, 15) is 0 Å². The van der Waals surface area contributed by atoms with Crippen LogP contribution in [0, 0.1) is 6.92 Å². The van der Waals surface area contributed by atoms with Gasteiger partial charge in [0.15, 0.2) is 0 Å². The van der Waals surface area contributed by atoms with Crippen LogP contribution in [0.15, 0.2) is 22.9 Å². The zero-order chi connectivity index (χ0) is 13.0. The fraction of sp³-hybridized carbons (Fsp3) is 0.417. The average molecular weight is 327 g/mol. The lowest BCUT2D eigenvalue weighted by molar-refractivity contribution is 0.554. The molecule has 2 rings (SSSR count). The first-order valence-electron chi connectivity index (χ1n) is 5.82. The Hall–Kier alpha value is -0.850. The molecule has 1 N–H and O–H groups in total. The maximum Gasteiger partial charge on any atom is 0.0772 e. The number of hydrogen-bond acceptors (Lipinski definition) is 5. The van der Waals surface area contributed by atoms with Crippen molar-refractivity contribution in [1.82, 2.24) is 19.9 Å². The summed E-state index contributed by atoms with van der Waals surface area (Å²) in [4.78, 5) is 5.40. The van der Waals surface area contributed by atoms with Gasteiger partial charge in [0.25, 0.3) is 0 Å². The Balaban J connectivity index is 2.19. The van der Waals surface area contributed by atoms with Crippen molar-refractivity contribution in [2.24, 2.45) is 0 Å². The molecular formula is C12H15BrN4S. The van der Waals surface area contributed by atoms with Crippen molar-refractivity contribution in [3.63, 3.8) is 0 Å². The number of hydrogen-bond donors (Lipinski definition) is 1. The first-order valence-corrected chi connectivity index (χ1v) is 7.39. The summed E-state index contributed by atoms with van der Waals surface area (Å²) in [6.07, 6.45) is 4.59. The first kappa shape index (κ1) is 13.6. The predicted molar refractivity (Wildman–Crippen MR) is 76.7 cm³/mol. The van der Waals surface area contributed by atoms with Gasteiger partial charge in [0.05, 0.1) is 10.6 Å². The van der Waals surface area contributed by atoms with Crippen molar-refractivity contribution in [1.29, 1.82) is 0 Å². The molecule has 0 aromatic carbocycles. The molecule has 4 nitrogen and oxygen atoms in total. The van der Waals surface area contributed by atoms with Gasteiger partial charge >= 0.3 is 0 Å². The fourth-order valence-electron chi connectivity index (χ4n) is 1.86. The highest BCUT2D eigenvalue weighted by atomic mass is 79.9. The highest BCUT2D eigenvalue weighted by Gasteiger charge is 2.17. The van der Waals surface area contributed by atoms with Crippen molar-refractivity contribution in [2.45, 2.75) is 26.3 Å². The summed E-state index contributed by atoms with van der Waals surface area (Å²) in [6.45, 7) is 5.03. The van der Waals surface area contributed by atoms with Crippen LogP contribution in [0.4, 0.5) is 0 Å². The second-order valence-electron chi connectivity index (χ2n) is 4.05. The Kier molecular flexibility index (Phi) is 4.79. The van der Waals surface area contributed by atoms with Crippen molar-refractivity contribution < 1.29 is 0 Å². The predicted octanol–water partition coefficient (Wildman–Crippen LogP) is 2.90. The molecule has 1 unspecified atom stereocenters. The molecule has 0 saturated heterocycles. The highest BCUT2D eigenvalue weighted by Crippen LogP contribution is 2.24. The minimum Gasteiger partial charge on any atom is -0.309 e. The zero-order valence-electron chi connectivity index (χ0n) is 10.4. The lowest BCUT2D eigenvalue weighted by atomic mass is 10.1. The van der Waals surface area contributed by atoms with Gasteiger partial charge in [-0.2, -0.15) is 0 Å². The van der Waals surface area contributed by atoms with Crippen LogP contribution in [0.1, 0.15) is 29.1 Å². The molecule has 0 saturated carbocycles. The Morgan fingerprint density at radius 2 is 2.28 bits per heavy atom. The Morgan fingerprint density at radius 3 is 2.89 bits per heavy atom. The largest absolute Gasteiger partial charge is 0.309 e. The van der Waals surface area contributed by atoms with Crippen LogP contribution in [0.2, 0.25) is 0 Å². The molecule has 0 fully saturated rings. The van der Waals surface area contributed by atoms with Gasteiger partial charge in [0, 0.05) is 22.9 Å². The molecule has 6 heteroatoms. The molecule has 0 aliphatic heterocycles. The summed E-state index contributed by atoms with van der Waals surface area (Å²) in [7, 11) is 0. The molecule has 0 radical (unpaired) electrons. The monoisotopic (exact) mass is 326 g/mol. The smallest absolute Gasteiger partial charge is 0.0772 e. The van der Waals surface area contributed by atoms with Crippen LogP contribution >= 0.6 is 27.5 Å². The quantitative estimate of drug-likeness (QED) is 0.917. The number of nitrogens with zero attached hydrogens (tertiary/aromatic N) is 3. The van der Waals surface area contributed by atoms with Crippen molar-refractivity contribution in [3.8, 4) is 0 Å². The zero-order valence-corrected chi connectivity index (χ0v) is 12.8. The van der Waals surface area contributed by atoms with Gasteiger partial charge in [-0.3, -0.25) is 4.98 Å². The Morgan fingerprint density at radius 1 is 1.44 bits per heavy atom. The molecule has 1 atom stereocenters. The van der Waals surface area contributed by atoms with Crippen LogP contribution in [-0.4, -0.2) is 21.1 Å². The minimum absolute atomic E-state index is 0.256. The van der Waals surface area contributed by atoms with Crippen LogP contribution < -0.4 is 5.32 Å². The second-order valence-corrected chi connectivity index (χ2v) is 5.75. The van der Waals surface area contributed by atoms with Crippen molar-refractivity contribution in [3.05, 3.63) is 39.1 Å². The summed E-state index contributed by atoms with van der Waals surface area (Å²) in [6, 6.07) is 2.35. The van der Waals surface area contributed by atoms with E-state index < -0.39 is 0 Å². The lowest BCUT2D eigenvalue weighted by Gasteiger charge is -2.16. The SMILES string of the molecule is CCNC(Cc1cncc(Br)c1)c1snnc1C. The normalized spacial score (nSPS) is 12.6. The maximum absolute atomic E-state index is 4.20.